The topological polar surface area (TPSA) is 42.4 Å². The van der Waals surface area contributed by atoms with Crippen molar-refractivity contribution in [2.75, 3.05) is 20.2 Å². The van der Waals surface area contributed by atoms with Gasteiger partial charge in [-0.2, -0.15) is 0 Å². The highest BCUT2D eigenvalue weighted by atomic mass is 35.5. The predicted molar refractivity (Wildman–Crippen MR) is 103 cm³/mol. The molecule has 0 N–H and O–H groups in total. The molecule has 0 spiro atoms. The van der Waals surface area contributed by atoms with E-state index in [2.05, 4.69) is 11.9 Å². The van der Waals surface area contributed by atoms with E-state index in [0.717, 1.165) is 40.0 Å². The lowest BCUT2D eigenvalue weighted by Crippen LogP contribution is -2.38. The van der Waals surface area contributed by atoms with Crippen molar-refractivity contribution >= 4 is 50.0 Å². The predicted octanol–water partition coefficient (Wildman–Crippen LogP) is 4.98. The van der Waals surface area contributed by atoms with E-state index in [1.165, 1.54) is 17.8 Å². The summed E-state index contributed by atoms with van der Waals surface area (Å²) in [6, 6.07) is 7.77. The Morgan fingerprint density at radius 1 is 1.36 bits per heavy atom. The summed E-state index contributed by atoms with van der Waals surface area (Å²) in [7, 11) is 1.59. The van der Waals surface area contributed by atoms with Gasteiger partial charge in [0.2, 0.25) is 0 Å². The maximum atomic E-state index is 12.8. The summed E-state index contributed by atoms with van der Waals surface area (Å²) < 4.78 is 5.27. The fourth-order valence-electron chi connectivity index (χ4n) is 3.44. The van der Waals surface area contributed by atoms with Gasteiger partial charge in [-0.25, -0.2) is 4.98 Å². The molecule has 1 saturated heterocycles. The number of benzene rings is 1. The third kappa shape index (κ3) is 2.96. The first-order chi connectivity index (χ1) is 12.1. The van der Waals surface area contributed by atoms with E-state index in [-0.39, 0.29) is 5.91 Å². The number of fused-ring (bicyclic) bond motifs is 2. The minimum Gasteiger partial charge on any atom is -0.495 e. The smallest absolute Gasteiger partial charge is 0.264 e. The molecule has 0 radical (unpaired) electrons. The summed E-state index contributed by atoms with van der Waals surface area (Å²) in [6.45, 7) is 3.88. The molecule has 25 heavy (non-hydrogen) atoms. The second-order valence-corrected chi connectivity index (χ2v) is 8.05. The Labute approximate surface area is 155 Å². The van der Waals surface area contributed by atoms with E-state index in [1.807, 2.05) is 29.2 Å². The van der Waals surface area contributed by atoms with Crippen molar-refractivity contribution in [2.45, 2.75) is 19.8 Å². The number of aromatic nitrogens is 1. The van der Waals surface area contributed by atoms with Crippen molar-refractivity contribution in [1.29, 1.82) is 0 Å². The van der Waals surface area contributed by atoms with Crippen LogP contribution in [0.3, 0.4) is 0 Å². The molecule has 1 amide bonds. The Kier molecular flexibility index (Phi) is 4.29. The number of methoxy groups -OCH3 is 1. The zero-order valence-electron chi connectivity index (χ0n) is 14.2. The van der Waals surface area contributed by atoms with Gasteiger partial charge < -0.3 is 9.64 Å². The number of nitrogens with zero attached hydrogens (tertiary/aromatic N) is 2. The van der Waals surface area contributed by atoms with Gasteiger partial charge in [0.1, 0.15) is 15.6 Å². The van der Waals surface area contributed by atoms with E-state index in [4.69, 9.17) is 16.3 Å². The number of ether oxygens (including phenoxy) is 1. The summed E-state index contributed by atoms with van der Waals surface area (Å²) in [5, 5.41) is 2.43. The fourth-order valence-corrected chi connectivity index (χ4v) is 4.71. The Bertz CT molecular complexity index is 969. The molecule has 0 unspecified atom stereocenters. The second kappa shape index (κ2) is 6.46. The van der Waals surface area contributed by atoms with Crippen LogP contribution in [0.4, 0.5) is 0 Å². The van der Waals surface area contributed by atoms with E-state index >= 15 is 0 Å². The molecule has 1 atom stereocenters. The Morgan fingerprint density at radius 2 is 2.20 bits per heavy atom. The first kappa shape index (κ1) is 16.6. The van der Waals surface area contributed by atoms with Crippen LogP contribution in [0.2, 0.25) is 5.02 Å². The quantitative estimate of drug-likeness (QED) is 0.635. The molecule has 6 heteroatoms. The van der Waals surface area contributed by atoms with Crippen LogP contribution in [0.25, 0.3) is 21.1 Å². The van der Waals surface area contributed by atoms with Crippen LogP contribution in [0.15, 0.2) is 24.3 Å². The summed E-state index contributed by atoms with van der Waals surface area (Å²) in [4.78, 5) is 21.1. The van der Waals surface area contributed by atoms with Crippen molar-refractivity contribution in [3.05, 3.63) is 34.2 Å². The summed E-state index contributed by atoms with van der Waals surface area (Å²) in [6.07, 6.45) is 2.28. The molecule has 1 aromatic carbocycles. The number of carbonyl (C=O) groups is 1. The summed E-state index contributed by atoms with van der Waals surface area (Å²) >= 11 is 7.83. The van der Waals surface area contributed by atoms with E-state index in [0.29, 0.717) is 22.2 Å². The van der Waals surface area contributed by atoms with Crippen LogP contribution in [0.5, 0.6) is 5.75 Å². The largest absolute Gasteiger partial charge is 0.495 e. The molecule has 0 aliphatic carbocycles. The number of hydrogen-bond acceptors (Lipinski definition) is 4. The molecule has 4 nitrogen and oxygen atoms in total. The first-order valence-corrected chi connectivity index (χ1v) is 9.62. The van der Waals surface area contributed by atoms with Gasteiger partial charge in [-0.15, -0.1) is 11.3 Å². The molecule has 1 aliphatic rings. The lowest BCUT2D eigenvalue weighted by molar-refractivity contribution is 0.0688. The van der Waals surface area contributed by atoms with Gasteiger partial charge >= 0.3 is 0 Å². The van der Waals surface area contributed by atoms with Gasteiger partial charge in [0.25, 0.3) is 5.91 Å². The van der Waals surface area contributed by atoms with Crippen LogP contribution >= 0.6 is 22.9 Å². The molecule has 2 aromatic heterocycles. The number of pyridine rings is 1. The number of hydrogen-bond donors (Lipinski definition) is 0. The zero-order chi connectivity index (χ0) is 17.6. The number of rotatable bonds is 2. The molecule has 3 heterocycles. The number of likely N-dealkylation sites (tertiary alicyclic amines) is 1. The van der Waals surface area contributed by atoms with Gasteiger partial charge in [0, 0.05) is 23.9 Å². The normalized spacial score (nSPS) is 18.0. The minimum atomic E-state index is 0.113. The fraction of sp³-hybridized carbons (Fsp3) is 0.368. The van der Waals surface area contributed by atoms with Crippen LogP contribution in [0, 0.1) is 5.92 Å². The van der Waals surface area contributed by atoms with Gasteiger partial charge in [-0.3, -0.25) is 4.79 Å². The highest BCUT2D eigenvalue weighted by Crippen LogP contribution is 2.35. The summed E-state index contributed by atoms with van der Waals surface area (Å²) in [5.74, 6) is 1.29. The molecular formula is C19H19ClN2O2S. The highest BCUT2D eigenvalue weighted by Gasteiger charge is 2.24. The maximum absolute atomic E-state index is 12.8. The highest BCUT2D eigenvalue weighted by molar-refractivity contribution is 7.20. The Hall–Kier alpha value is -1.85. The average Bonchev–Trinajstić information content (AvgIpc) is 3.03. The average molecular weight is 375 g/mol. The third-order valence-electron chi connectivity index (χ3n) is 4.75. The number of halogens is 1. The van der Waals surface area contributed by atoms with Crippen molar-refractivity contribution in [3.63, 3.8) is 0 Å². The third-order valence-corrected chi connectivity index (χ3v) is 6.15. The van der Waals surface area contributed by atoms with Crippen molar-refractivity contribution < 1.29 is 9.53 Å². The lowest BCUT2D eigenvalue weighted by Gasteiger charge is -2.30. The van der Waals surface area contributed by atoms with Crippen LogP contribution in [-0.2, 0) is 0 Å². The lowest BCUT2D eigenvalue weighted by atomic mass is 10.0. The van der Waals surface area contributed by atoms with Gasteiger partial charge in [-0.05, 0) is 43.0 Å². The van der Waals surface area contributed by atoms with E-state index < -0.39 is 0 Å². The van der Waals surface area contributed by atoms with Crippen molar-refractivity contribution in [1.82, 2.24) is 9.88 Å². The standard InChI is InChI=1S/C19H19ClN2O2S/c1-11-4-3-7-22(10-11)19(23)15-9-13-8-12-5-6-14(24-2)16(20)17(12)21-18(13)25-15/h5-6,8-9,11H,3-4,7,10H2,1-2H3/t11-/m1/s1. The van der Waals surface area contributed by atoms with Crippen LogP contribution < -0.4 is 4.74 Å². The molecular weight excluding hydrogens is 356 g/mol. The maximum Gasteiger partial charge on any atom is 0.264 e. The number of thiophene rings is 1. The van der Waals surface area contributed by atoms with Crippen molar-refractivity contribution in [2.24, 2.45) is 5.92 Å². The molecule has 4 rings (SSSR count). The molecule has 3 aromatic rings. The van der Waals surface area contributed by atoms with Crippen LogP contribution in [0.1, 0.15) is 29.4 Å². The number of piperidine rings is 1. The second-order valence-electron chi connectivity index (χ2n) is 6.65. The Balaban J connectivity index is 1.75. The van der Waals surface area contributed by atoms with Crippen molar-refractivity contribution in [3.8, 4) is 5.75 Å². The molecule has 0 bridgehead atoms. The number of amides is 1. The zero-order valence-corrected chi connectivity index (χ0v) is 15.8. The molecule has 1 fully saturated rings. The minimum absolute atomic E-state index is 0.113. The molecule has 0 saturated carbocycles. The molecule has 1 aliphatic heterocycles. The van der Waals surface area contributed by atoms with E-state index in [1.54, 1.807) is 7.11 Å². The first-order valence-electron chi connectivity index (χ1n) is 8.43. The van der Waals surface area contributed by atoms with Gasteiger partial charge in [-0.1, -0.05) is 18.5 Å². The van der Waals surface area contributed by atoms with Gasteiger partial charge in [0.15, 0.2) is 0 Å². The van der Waals surface area contributed by atoms with E-state index in [9.17, 15) is 4.79 Å². The molecule has 130 valence electrons. The van der Waals surface area contributed by atoms with Crippen LogP contribution in [-0.4, -0.2) is 36.0 Å². The SMILES string of the molecule is COc1ccc2cc3cc(C(=O)N4CCC[C@@H](C)C4)sc3nc2c1Cl. The monoisotopic (exact) mass is 374 g/mol. The summed E-state index contributed by atoms with van der Waals surface area (Å²) in [5.41, 5.74) is 0.709. The Morgan fingerprint density at radius 3 is 2.96 bits per heavy atom. The number of carbonyl (C=O) groups excluding carboxylic acids is 1. The van der Waals surface area contributed by atoms with Gasteiger partial charge in [0.05, 0.1) is 17.5 Å².